The Morgan fingerprint density at radius 2 is 1.90 bits per heavy atom. The Morgan fingerprint density at radius 3 is 2.67 bits per heavy atom. The fourth-order valence-corrected chi connectivity index (χ4v) is 2.96. The van der Waals surface area contributed by atoms with Crippen LogP contribution < -0.4 is 10.1 Å². The monoisotopic (exact) mass is 418 g/mol. The van der Waals surface area contributed by atoms with Gasteiger partial charge in [-0.1, -0.05) is 41.9 Å². The van der Waals surface area contributed by atoms with Gasteiger partial charge in [0.15, 0.2) is 11.6 Å². The molecule has 2 aromatic heterocycles. The van der Waals surface area contributed by atoms with Crippen molar-refractivity contribution < 1.29 is 13.9 Å². The highest BCUT2D eigenvalue weighted by Gasteiger charge is 2.18. The van der Waals surface area contributed by atoms with Crippen molar-refractivity contribution in [2.45, 2.75) is 6.61 Å². The first-order chi connectivity index (χ1) is 14.7. The smallest absolute Gasteiger partial charge is 0.292 e. The largest absolute Gasteiger partial charge is 0.484 e. The third-order valence-corrected chi connectivity index (χ3v) is 4.53. The van der Waals surface area contributed by atoms with Crippen molar-refractivity contribution in [1.29, 1.82) is 5.26 Å². The van der Waals surface area contributed by atoms with Crippen molar-refractivity contribution in [2.24, 2.45) is 0 Å². The summed E-state index contributed by atoms with van der Waals surface area (Å²) in [5, 5.41) is 16.7. The van der Waals surface area contributed by atoms with Crippen molar-refractivity contribution in [1.82, 2.24) is 9.78 Å². The summed E-state index contributed by atoms with van der Waals surface area (Å²) in [6, 6.07) is 21.5. The number of carbonyl (C=O) groups excluding carboxylic acids is 1. The molecule has 0 atom stereocenters. The van der Waals surface area contributed by atoms with E-state index in [4.69, 9.17) is 20.8 Å². The maximum absolute atomic E-state index is 12.7. The molecule has 2 aromatic carbocycles. The van der Waals surface area contributed by atoms with E-state index in [0.717, 1.165) is 0 Å². The van der Waals surface area contributed by atoms with Gasteiger partial charge in [0.25, 0.3) is 5.91 Å². The molecule has 0 saturated carbocycles. The summed E-state index contributed by atoms with van der Waals surface area (Å²) in [5.41, 5.74) is 0.948. The molecule has 1 N–H and O–H groups in total. The van der Waals surface area contributed by atoms with Gasteiger partial charge in [0.1, 0.15) is 29.7 Å². The molecule has 0 fully saturated rings. The predicted molar refractivity (Wildman–Crippen MR) is 111 cm³/mol. The van der Waals surface area contributed by atoms with Crippen LogP contribution >= 0.6 is 11.6 Å². The number of furan rings is 1. The highest BCUT2D eigenvalue weighted by molar-refractivity contribution is 6.32. The summed E-state index contributed by atoms with van der Waals surface area (Å²) in [4.78, 5) is 12.7. The average molecular weight is 419 g/mol. The van der Waals surface area contributed by atoms with Gasteiger partial charge in [-0.3, -0.25) is 4.79 Å². The zero-order valence-electron chi connectivity index (χ0n) is 15.6. The highest BCUT2D eigenvalue weighted by Crippen LogP contribution is 2.25. The summed E-state index contributed by atoms with van der Waals surface area (Å²) in [7, 11) is 0. The maximum atomic E-state index is 12.7. The quantitative estimate of drug-likeness (QED) is 0.484. The number of aromatic nitrogens is 2. The number of nitriles is 1. The molecule has 0 saturated heterocycles. The minimum absolute atomic E-state index is 0.0810. The Labute approximate surface area is 177 Å². The second kappa shape index (κ2) is 8.55. The van der Waals surface area contributed by atoms with Gasteiger partial charge >= 0.3 is 0 Å². The molecular formula is C22H15ClN4O3. The first-order valence-corrected chi connectivity index (χ1v) is 9.34. The molecule has 0 radical (unpaired) electrons. The molecule has 7 nitrogen and oxygen atoms in total. The van der Waals surface area contributed by atoms with Crippen LogP contribution in [0.25, 0.3) is 5.69 Å². The molecule has 8 heteroatoms. The van der Waals surface area contributed by atoms with Crippen LogP contribution in [0.1, 0.15) is 21.9 Å². The third-order valence-electron chi connectivity index (χ3n) is 4.21. The number of nitrogens with one attached hydrogen (secondary N) is 1. The molecule has 148 valence electrons. The molecule has 0 aliphatic carbocycles. The number of nitrogens with zero attached hydrogens (tertiary/aromatic N) is 3. The number of carbonyl (C=O) groups is 1. The lowest BCUT2D eigenvalue weighted by Gasteiger charge is -2.08. The lowest BCUT2D eigenvalue weighted by molar-refractivity contribution is 0.0992. The summed E-state index contributed by atoms with van der Waals surface area (Å²) >= 11 is 6.07. The molecule has 1 amide bonds. The molecule has 4 aromatic rings. The number of para-hydroxylation sites is 2. The number of rotatable bonds is 6. The molecular weight excluding hydrogens is 404 g/mol. The summed E-state index contributed by atoms with van der Waals surface area (Å²) in [6.07, 6.45) is 1.40. The maximum Gasteiger partial charge on any atom is 0.292 e. The van der Waals surface area contributed by atoms with Crippen LogP contribution in [0.3, 0.4) is 0 Å². The van der Waals surface area contributed by atoms with Crippen LogP contribution in [0.2, 0.25) is 5.02 Å². The van der Waals surface area contributed by atoms with E-state index in [9.17, 15) is 10.1 Å². The Bertz CT molecular complexity index is 1220. The summed E-state index contributed by atoms with van der Waals surface area (Å²) in [5.74, 6) is 0.814. The van der Waals surface area contributed by atoms with Gasteiger partial charge in [0.05, 0.1) is 16.9 Å². The lowest BCUT2D eigenvalue weighted by Crippen LogP contribution is -2.15. The first-order valence-electron chi connectivity index (χ1n) is 8.96. The van der Waals surface area contributed by atoms with Crippen molar-refractivity contribution >= 4 is 23.3 Å². The van der Waals surface area contributed by atoms with Gasteiger partial charge in [-0.05, 0) is 36.4 Å². The molecule has 0 aliphatic rings. The van der Waals surface area contributed by atoms with Crippen molar-refractivity contribution in [3.05, 3.63) is 95.0 Å². The number of hydrogen-bond donors (Lipinski definition) is 1. The topological polar surface area (TPSA) is 93.1 Å². The van der Waals surface area contributed by atoms with E-state index in [0.29, 0.717) is 22.2 Å². The molecule has 4 rings (SSSR count). The lowest BCUT2D eigenvalue weighted by atomic mass is 10.3. The third kappa shape index (κ3) is 4.04. The van der Waals surface area contributed by atoms with Gasteiger partial charge in [-0.15, -0.1) is 0 Å². The van der Waals surface area contributed by atoms with E-state index < -0.39 is 5.91 Å². The fraction of sp³-hybridized carbons (Fsp3) is 0.0455. The van der Waals surface area contributed by atoms with Crippen molar-refractivity contribution in [2.75, 3.05) is 5.32 Å². The predicted octanol–water partition coefficient (Wildman–Crippen LogP) is 4.82. The van der Waals surface area contributed by atoms with Crippen LogP contribution in [0.15, 0.2) is 77.3 Å². The molecule has 30 heavy (non-hydrogen) atoms. The van der Waals surface area contributed by atoms with Crippen molar-refractivity contribution in [3.8, 4) is 17.5 Å². The van der Waals surface area contributed by atoms with Crippen LogP contribution in [-0.2, 0) is 6.61 Å². The van der Waals surface area contributed by atoms with E-state index >= 15 is 0 Å². The highest BCUT2D eigenvalue weighted by atomic mass is 35.5. The second-order valence-corrected chi connectivity index (χ2v) is 6.61. The summed E-state index contributed by atoms with van der Waals surface area (Å²) in [6.45, 7) is 0.113. The molecule has 0 unspecified atom stereocenters. The van der Waals surface area contributed by atoms with Gasteiger partial charge in [-0.2, -0.15) is 10.4 Å². The van der Waals surface area contributed by atoms with E-state index in [2.05, 4.69) is 10.4 Å². The van der Waals surface area contributed by atoms with Crippen LogP contribution in [0, 0.1) is 11.3 Å². The number of hydrogen-bond acceptors (Lipinski definition) is 5. The number of halogens is 1. The zero-order valence-corrected chi connectivity index (χ0v) is 16.3. The Morgan fingerprint density at radius 1 is 1.13 bits per heavy atom. The van der Waals surface area contributed by atoms with Crippen LogP contribution in [0.4, 0.5) is 5.82 Å². The first kappa shape index (κ1) is 19.3. The number of anilines is 1. The normalized spacial score (nSPS) is 10.4. The fourth-order valence-electron chi connectivity index (χ4n) is 2.77. The minimum atomic E-state index is -0.506. The number of ether oxygens (including phenoxy) is 1. The Hall–Kier alpha value is -4.02. The Kier molecular flexibility index (Phi) is 5.50. The van der Waals surface area contributed by atoms with Gasteiger partial charge in [0.2, 0.25) is 0 Å². The second-order valence-electron chi connectivity index (χ2n) is 6.21. The average Bonchev–Trinajstić information content (AvgIpc) is 3.41. The van der Waals surface area contributed by atoms with Crippen LogP contribution in [-0.4, -0.2) is 15.7 Å². The van der Waals surface area contributed by atoms with E-state index in [-0.39, 0.29) is 23.7 Å². The van der Waals surface area contributed by atoms with Gasteiger partial charge in [0, 0.05) is 0 Å². The van der Waals surface area contributed by atoms with E-state index in [1.165, 1.54) is 16.9 Å². The number of amides is 1. The molecule has 0 aliphatic heterocycles. The number of benzene rings is 2. The van der Waals surface area contributed by atoms with Gasteiger partial charge < -0.3 is 14.5 Å². The van der Waals surface area contributed by atoms with Gasteiger partial charge in [-0.25, -0.2) is 4.68 Å². The minimum Gasteiger partial charge on any atom is -0.484 e. The zero-order chi connectivity index (χ0) is 20.9. The molecule has 0 spiro atoms. The standard InChI is InChI=1S/C22H15ClN4O3/c23-18-8-4-5-9-19(18)29-14-17-10-11-20(30-17)22(28)26-21-15(12-24)13-25-27(21)16-6-2-1-3-7-16/h1-11,13H,14H2,(H,26,28). The van der Waals surface area contributed by atoms with Crippen LogP contribution in [0.5, 0.6) is 5.75 Å². The van der Waals surface area contributed by atoms with Crippen molar-refractivity contribution in [3.63, 3.8) is 0 Å². The SMILES string of the molecule is N#Cc1cnn(-c2ccccc2)c1NC(=O)c1ccc(COc2ccccc2Cl)o1. The Balaban J connectivity index is 1.50. The van der Waals surface area contributed by atoms with E-state index in [1.807, 2.05) is 42.5 Å². The van der Waals surface area contributed by atoms with E-state index in [1.54, 1.807) is 24.3 Å². The summed E-state index contributed by atoms with van der Waals surface area (Å²) < 4.78 is 12.7. The molecule has 2 heterocycles. The molecule has 0 bridgehead atoms.